The van der Waals surface area contributed by atoms with Crippen molar-refractivity contribution in [3.63, 3.8) is 0 Å². The first-order chi connectivity index (χ1) is 8.70. The van der Waals surface area contributed by atoms with Crippen LogP contribution in [0.15, 0.2) is 18.2 Å². The molecule has 1 aliphatic carbocycles. The molecule has 0 saturated heterocycles. The van der Waals surface area contributed by atoms with E-state index in [2.05, 4.69) is 16.5 Å². The molecule has 1 aliphatic rings. The van der Waals surface area contributed by atoms with Crippen LogP contribution < -0.4 is 0 Å². The van der Waals surface area contributed by atoms with Crippen molar-refractivity contribution >= 4 is 34.2 Å². The highest BCUT2D eigenvalue weighted by molar-refractivity contribution is 6.35. The van der Waals surface area contributed by atoms with Crippen molar-refractivity contribution < 1.29 is 0 Å². The molecule has 0 bridgehead atoms. The quantitative estimate of drug-likeness (QED) is 0.738. The molecular formula is C14H16Cl2N2. The van der Waals surface area contributed by atoms with Crippen LogP contribution in [0.5, 0.6) is 0 Å². The maximum atomic E-state index is 6.32. The number of fused-ring (bicyclic) bond motifs is 1. The summed E-state index contributed by atoms with van der Waals surface area (Å²) in [5, 5.41) is 0.763. The Morgan fingerprint density at radius 1 is 1.44 bits per heavy atom. The average molecular weight is 283 g/mol. The van der Waals surface area contributed by atoms with Gasteiger partial charge in [-0.15, -0.1) is 11.6 Å². The fourth-order valence-corrected chi connectivity index (χ4v) is 3.11. The van der Waals surface area contributed by atoms with E-state index in [1.807, 2.05) is 18.2 Å². The summed E-state index contributed by atoms with van der Waals surface area (Å²) >= 11 is 12.4. The molecule has 1 heterocycles. The van der Waals surface area contributed by atoms with Gasteiger partial charge in [-0.3, -0.25) is 0 Å². The molecule has 18 heavy (non-hydrogen) atoms. The SMILES string of the molecule is CC(CC1CC1)n1c(CCl)nc2cccc(Cl)c21. The summed E-state index contributed by atoms with van der Waals surface area (Å²) < 4.78 is 2.23. The molecule has 0 radical (unpaired) electrons. The molecule has 1 unspecified atom stereocenters. The molecule has 1 saturated carbocycles. The van der Waals surface area contributed by atoms with Gasteiger partial charge in [0.25, 0.3) is 0 Å². The molecule has 0 amide bonds. The third kappa shape index (κ3) is 2.12. The van der Waals surface area contributed by atoms with E-state index in [1.54, 1.807) is 0 Å². The second kappa shape index (κ2) is 4.75. The van der Waals surface area contributed by atoms with Crippen LogP contribution in [-0.2, 0) is 5.88 Å². The van der Waals surface area contributed by atoms with Crippen molar-refractivity contribution in [2.45, 2.75) is 38.1 Å². The zero-order valence-corrected chi connectivity index (χ0v) is 11.9. The lowest BCUT2D eigenvalue weighted by atomic mass is 10.1. The predicted octanol–water partition coefficient (Wildman–Crippen LogP) is 4.79. The largest absolute Gasteiger partial charge is 0.323 e. The highest BCUT2D eigenvalue weighted by Gasteiger charge is 2.26. The van der Waals surface area contributed by atoms with Gasteiger partial charge in [0.1, 0.15) is 5.82 Å². The third-order valence-corrected chi connectivity index (χ3v) is 4.21. The van der Waals surface area contributed by atoms with Crippen molar-refractivity contribution in [3.8, 4) is 0 Å². The molecule has 1 atom stereocenters. The lowest BCUT2D eigenvalue weighted by Crippen LogP contribution is -2.09. The summed E-state index contributed by atoms with van der Waals surface area (Å²) in [6.45, 7) is 2.23. The fourth-order valence-electron chi connectivity index (χ4n) is 2.67. The topological polar surface area (TPSA) is 17.8 Å². The van der Waals surface area contributed by atoms with Gasteiger partial charge in [0.2, 0.25) is 0 Å². The smallest absolute Gasteiger partial charge is 0.125 e. The van der Waals surface area contributed by atoms with E-state index in [-0.39, 0.29) is 0 Å². The van der Waals surface area contributed by atoms with Crippen LogP contribution in [0.1, 0.15) is 38.1 Å². The first kappa shape index (κ1) is 12.3. The normalized spacial score (nSPS) is 17.3. The third-order valence-electron chi connectivity index (χ3n) is 3.67. The summed E-state index contributed by atoms with van der Waals surface area (Å²) in [4.78, 5) is 4.59. The Morgan fingerprint density at radius 3 is 2.89 bits per heavy atom. The lowest BCUT2D eigenvalue weighted by Gasteiger charge is -2.17. The Bertz CT molecular complexity index is 572. The summed E-state index contributed by atoms with van der Waals surface area (Å²) in [5.74, 6) is 2.23. The van der Waals surface area contributed by atoms with E-state index in [0.717, 1.165) is 27.8 Å². The van der Waals surface area contributed by atoms with E-state index < -0.39 is 0 Å². The van der Waals surface area contributed by atoms with Crippen LogP contribution in [-0.4, -0.2) is 9.55 Å². The number of hydrogen-bond acceptors (Lipinski definition) is 1. The molecule has 96 valence electrons. The lowest BCUT2D eigenvalue weighted by molar-refractivity contribution is 0.477. The highest BCUT2D eigenvalue weighted by atomic mass is 35.5. The Hall–Kier alpha value is -0.730. The monoisotopic (exact) mass is 282 g/mol. The molecule has 4 heteroatoms. The van der Waals surface area contributed by atoms with Gasteiger partial charge in [-0.05, 0) is 31.4 Å². The Labute approximate surface area is 117 Å². The molecule has 0 spiro atoms. The summed E-state index contributed by atoms with van der Waals surface area (Å²) in [6.07, 6.45) is 3.92. The molecule has 0 N–H and O–H groups in total. The predicted molar refractivity (Wildman–Crippen MR) is 76.4 cm³/mol. The molecule has 1 aromatic heterocycles. The molecule has 3 rings (SSSR count). The minimum absolute atomic E-state index is 0.413. The zero-order chi connectivity index (χ0) is 12.7. The average Bonchev–Trinajstić information content (AvgIpc) is 3.07. The number of aromatic nitrogens is 2. The molecule has 2 nitrogen and oxygen atoms in total. The number of rotatable bonds is 4. The maximum absolute atomic E-state index is 6.32. The van der Waals surface area contributed by atoms with Crippen molar-refractivity contribution in [2.75, 3.05) is 0 Å². The number of alkyl halides is 1. The molecule has 2 aromatic rings. The van der Waals surface area contributed by atoms with Gasteiger partial charge in [0, 0.05) is 6.04 Å². The van der Waals surface area contributed by atoms with Gasteiger partial charge in [0.15, 0.2) is 0 Å². The van der Waals surface area contributed by atoms with E-state index in [0.29, 0.717) is 11.9 Å². The van der Waals surface area contributed by atoms with Gasteiger partial charge in [-0.1, -0.05) is 30.5 Å². The first-order valence-corrected chi connectivity index (χ1v) is 7.33. The highest BCUT2D eigenvalue weighted by Crippen LogP contribution is 2.39. The number of para-hydroxylation sites is 1. The van der Waals surface area contributed by atoms with Crippen LogP contribution in [0, 0.1) is 5.92 Å². The fraction of sp³-hybridized carbons (Fsp3) is 0.500. The van der Waals surface area contributed by atoms with Crippen LogP contribution >= 0.6 is 23.2 Å². The van der Waals surface area contributed by atoms with Crippen molar-refractivity contribution in [1.29, 1.82) is 0 Å². The maximum Gasteiger partial charge on any atom is 0.125 e. The number of hydrogen-bond donors (Lipinski definition) is 0. The second-order valence-electron chi connectivity index (χ2n) is 5.17. The van der Waals surface area contributed by atoms with Gasteiger partial charge in [-0.25, -0.2) is 4.98 Å². The van der Waals surface area contributed by atoms with E-state index in [9.17, 15) is 0 Å². The standard InChI is InChI=1S/C14H16Cl2N2/c1-9(7-10-5-6-10)18-13(8-15)17-12-4-2-3-11(16)14(12)18/h2-4,9-10H,5-8H2,1H3. The summed E-state index contributed by atoms with van der Waals surface area (Å²) in [7, 11) is 0. The molecule has 1 aromatic carbocycles. The van der Waals surface area contributed by atoms with Crippen LogP contribution in [0.25, 0.3) is 11.0 Å². The number of imidazole rings is 1. The molecule has 1 fully saturated rings. The van der Waals surface area contributed by atoms with Gasteiger partial charge < -0.3 is 4.57 Å². The number of nitrogens with zero attached hydrogens (tertiary/aromatic N) is 2. The second-order valence-corrected chi connectivity index (χ2v) is 5.84. The van der Waals surface area contributed by atoms with Crippen LogP contribution in [0.3, 0.4) is 0 Å². The minimum atomic E-state index is 0.413. The number of halogens is 2. The first-order valence-electron chi connectivity index (χ1n) is 6.42. The summed E-state index contributed by atoms with van der Waals surface area (Å²) in [6, 6.07) is 6.27. The van der Waals surface area contributed by atoms with Gasteiger partial charge in [-0.2, -0.15) is 0 Å². The molecular weight excluding hydrogens is 267 g/mol. The van der Waals surface area contributed by atoms with Gasteiger partial charge in [0.05, 0.1) is 21.9 Å². The Balaban J connectivity index is 2.11. The van der Waals surface area contributed by atoms with E-state index in [4.69, 9.17) is 23.2 Å². The number of benzene rings is 1. The van der Waals surface area contributed by atoms with Crippen molar-refractivity contribution in [1.82, 2.24) is 9.55 Å². The van der Waals surface area contributed by atoms with Crippen LogP contribution in [0.2, 0.25) is 5.02 Å². The zero-order valence-electron chi connectivity index (χ0n) is 10.4. The van der Waals surface area contributed by atoms with E-state index >= 15 is 0 Å². The molecule has 0 aliphatic heterocycles. The van der Waals surface area contributed by atoms with Gasteiger partial charge >= 0.3 is 0 Å². The Kier molecular flexibility index (Phi) is 3.25. The van der Waals surface area contributed by atoms with Crippen LogP contribution in [0.4, 0.5) is 0 Å². The summed E-state index contributed by atoms with van der Waals surface area (Å²) in [5.41, 5.74) is 1.98. The Morgan fingerprint density at radius 2 is 2.22 bits per heavy atom. The van der Waals surface area contributed by atoms with Crippen molar-refractivity contribution in [3.05, 3.63) is 29.0 Å². The van der Waals surface area contributed by atoms with Crippen molar-refractivity contribution in [2.24, 2.45) is 5.92 Å². The minimum Gasteiger partial charge on any atom is -0.323 e. The van der Waals surface area contributed by atoms with E-state index in [1.165, 1.54) is 19.3 Å².